The molecule has 0 aliphatic heterocycles. The van der Waals surface area contributed by atoms with Crippen LogP contribution < -0.4 is 5.90 Å². The maximum absolute atomic E-state index is 9.89. The Bertz CT molecular complexity index is 132. The van der Waals surface area contributed by atoms with Crippen LogP contribution in [-0.4, -0.2) is 12.1 Å². The largest absolute Gasteiger partial charge is 0.296 e. The van der Waals surface area contributed by atoms with E-state index in [1.807, 2.05) is 0 Å². The minimum Gasteiger partial charge on any atom is -0.296 e. The zero-order valence-electron chi connectivity index (χ0n) is 6.04. The lowest BCUT2D eigenvalue weighted by Gasteiger charge is -2.42. The van der Waals surface area contributed by atoms with E-state index in [1.54, 1.807) is 0 Å². The summed E-state index contributed by atoms with van der Waals surface area (Å²) in [6.07, 6.45) is 1.71. The maximum atomic E-state index is 9.89. The summed E-state index contributed by atoms with van der Waals surface area (Å²) in [6.45, 7) is 2.29. The number of nitrogens with zero attached hydrogens (tertiary/aromatic N) is 1. The predicted octanol–water partition coefficient (Wildman–Crippen LogP) is 0.812. The normalized spacial score (nSPS) is 38.8. The van der Waals surface area contributed by atoms with Gasteiger partial charge in [0.15, 0.2) is 0 Å². The minimum atomic E-state index is -0.416. The van der Waals surface area contributed by atoms with Gasteiger partial charge in [-0.05, 0) is 18.8 Å². The molecule has 1 aliphatic rings. The standard InChI is InChI=1S/C6H12N2O2/c1-5-2-6(3-5,10-7)4-8-9/h5H,2-4,7H2,1H3. The van der Waals surface area contributed by atoms with Gasteiger partial charge in [-0.1, -0.05) is 12.1 Å². The Labute approximate surface area is 59.7 Å². The van der Waals surface area contributed by atoms with Gasteiger partial charge in [0, 0.05) is 0 Å². The van der Waals surface area contributed by atoms with Gasteiger partial charge in [0.25, 0.3) is 0 Å². The van der Waals surface area contributed by atoms with Gasteiger partial charge >= 0.3 is 0 Å². The van der Waals surface area contributed by atoms with Gasteiger partial charge in [-0.15, -0.1) is 0 Å². The Morgan fingerprint density at radius 3 is 2.70 bits per heavy atom. The van der Waals surface area contributed by atoms with E-state index in [2.05, 4.69) is 12.1 Å². The monoisotopic (exact) mass is 144 g/mol. The Hall–Kier alpha value is -0.480. The van der Waals surface area contributed by atoms with Crippen molar-refractivity contribution in [1.29, 1.82) is 0 Å². The van der Waals surface area contributed by atoms with Crippen LogP contribution in [0.3, 0.4) is 0 Å². The third-order valence-electron chi connectivity index (χ3n) is 2.04. The Balaban J connectivity index is 2.39. The molecule has 0 atom stereocenters. The second-order valence-corrected chi connectivity index (χ2v) is 3.10. The Morgan fingerprint density at radius 2 is 2.40 bits per heavy atom. The van der Waals surface area contributed by atoms with Gasteiger partial charge in [0.1, 0.15) is 12.1 Å². The molecule has 0 bridgehead atoms. The van der Waals surface area contributed by atoms with Gasteiger partial charge < -0.3 is 0 Å². The molecule has 4 heteroatoms. The second-order valence-electron chi connectivity index (χ2n) is 3.10. The van der Waals surface area contributed by atoms with Gasteiger partial charge in [-0.25, -0.2) is 5.90 Å². The van der Waals surface area contributed by atoms with Crippen molar-refractivity contribution in [1.82, 2.24) is 0 Å². The Kier molecular flexibility index (Phi) is 2.01. The summed E-state index contributed by atoms with van der Waals surface area (Å²) >= 11 is 0. The highest BCUT2D eigenvalue weighted by Gasteiger charge is 2.43. The molecule has 0 aromatic rings. The smallest absolute Gasteiger partial charge is 0.113 e. The van der Waals surface area contributed by atoms with Crippen molar-refractivity contribution in [2.24, 2.45) is 17.0 Å². The first-order chi connectivity index (χ1) is 4.72. The first-order valence-corrected chi connectivity index (χ1v) is 3.39. The number of nitrogens with two attached hydrogens (primary N) is 1. The van der Waals surface area contributed by atoms with Crippen molar-refractivity contribution in [3.05, 3.63) is 4.91 Å². The molecular formula is C6H12N2O2. The molecular weight excluding hydrogens is 132 g/mol. The van der Waals surface area contributed by atoms with E-state index in [9.17, 15) is 4.91 Å². The number of hydrogen-bond donors (Lipinski definition) is 1. The first-order valence-electron chi connectivity index (χ1n) is 3.39. The fourth-order valence-corrected chi connectivity index (χ4v) is 1.59. The van der Waals surface area contributed by atoms with E-state index < -0.39 is 5.60 Å². The summed E-state index contributed by atoms with van der Waals surface area (Å²) in [5, 5.41) is 2.78. The zero-order chi connectivity index (χ0) is 7.61. The van der Waals surface area contributed by atoms with Gasteiger partial charge in [0.05, 0.1) is 0 Å². The number of rotatable bonds is 3. The van der Waals surface area contributed by atoms with E-state index in [1.165, 1.54) is 0 Å². The lowest BCUT2D eigenvalue weighted by Crippen LogP contribution is -2.49. The van der Waals surface area contributed by atoms with Gasteiger partial charge in [-0.2, -0.15) is 4.91 Å². The second kappa shape index (κ2) is 2.64. The zero-order valence-corrected chi connectivity index (χ0v) is 6.04. The van der Waals surface area contributed by atoms with Crippen molar-refractivity contribution < 1.29 is 4.84 Å². The van der Waals surface area contributed by atoms with Crippen LogP contribution in [0.1, 0.15) is 19.8 Å². The van der Waals surface area contributed by atoms with Crippen molar-refractivity contribution in [3.8, 4) is 0 Å². The summed E-state index contributed by atoms with van der Waals surface area (Å²) in [5.41, 5.74) is -0.416. The molecule has 0 amide bonds. The van der Waals surface area contributed by atoms with Crippen molar-refractivity contribution in [2.45, 2.75) is 25.4 Å². The van der Waals surface area contributed by atoms with Crippen LogP contribution in [-0.2, 0) is 4.84 Å². The van der Waals surface area contributed by atoms with Crippen molar-refractivity contribution in [3.63, 3.8) is 0 Å². The lowest BCUT2D eigenvalue weighted by atomic mass is 9.72. The highest BCUT2D eigenvalue weighted by atomic mass is 16.6. The van der Waals surface area contributed by atoms with E-state index in [0.717, 1.165) is 12.8 Å². The SMILES string of the molecule is CC1CC(CN=O)(ON)C1. The summed E-state index contributed by atoms with van der Waals surface area (Å²) in [4.78, 5) is 14.6. The van der Waals surface area contributed by atoms with Crippen molar-refractivity contribution >= 4 is 0 Å². The molecule has 0 heterocycles. The molecule has 0 spiro atoms. The van der Waals surface area contributed by atoms with Crippen LogP contribution in [0.25, 0.3) is 0 Å². The van der Waals surface area contributed by atoms with Crippen molar-refractivity contribution in [2.75, 3.05) is 6.54 Å². The summed E-state index contributed by atoms with van der Waals surface area (Å²) in [7, 11) is 0. The molecule has 1 fully saturated rings. The van der Waals surface area contributed by atoms with Gasteiger partial charge in [0.2, 0.25) is 0 Å². The fraction of sp³-hybridized carbons (Fsp3) is 1.00. The molecule has 1 saturated carbocycles. The molecule has 0 unspecified atom stereocenters. The maximum Gasteiger partial charge on any atom is 0.113 e. The molecule has 10 heavy (non-hydrogen) atoms. The third kappa shape index (κ3) is 1.17. The minimum absolute atomic E-state index is 0.188. The number of hydrogen-bond acceptors (Lipinski definition) is 4. The van der Waals surface area contributed by atoms with E-state index >= 15 is 0 Å². The molecule has 1 rings (SSSR count). The summed E-state index contributed by atoms with van der Waals surface area (Å²) in [6, 6.07) is 0. The van der Waals surface area contributed by atoms with Crippen LogP contribution in [0, 0.1) is 10.8 Å². The topological polar surface area (TPSA) is 64.7 Å². The molecule has 4 nitrogen and oxygen atoms in total. The van der Waals surface area contributed by atoms with Crippen LogP contribution in [0.2, 0.25) is 0 Å². The lowest BCUT2D eigenvalue weighted by molar-refractivity contribution is -0.120. The van der Waals surface area contributed by atoms with Crippen LogP contribution in [0.5, 0.6) is 0 Å². The predicted molar refractivity (Wildman–Crippen MR) is 37.1 cm³/mol. The average molecular weight is 144 g/mol. The summed E-state index contributed by atoms with van der Waals surface area (Å²) < 4.78 is 0. The number of nitroso groups, excluding NO2 is 1. The third-order valence-corrected chi connectivity index (χ3v) is 2.04. The van der Waals surface area contributed by atoms with E-state index in [0.29, 0.717) is 5.92 Å². The van der Waals surface area contributed by atoms with Gasteiger partial charge in [-0.3, -0.25) is 4.84 Å². The average Bonchev–Trinajstić information content (AvgIpc) is 1.84. The highest BCUT2D eigenvalue weighted by molar-refractivity contribution is 4.95. The molecule has 0 saturated heterocycles. The quantitative estimate of drug-likeness (QED) is 0.471. The molecule has 1 aliphatic carbocycles. The van der Waals surface area contributed by atoms with Crippen LogP contribution >= 0.6 is 0 Å². The van der Waals surface area contributed by atoms with Crippen LogP contribution in [0.4, 0.5) is 0 Å². The molecule has 2 N–H and O–H groups in total. The fourth-order valence-electron chi connectivity index (χ4n) is 1.59. The summed E-state index contributed by atoms with van der Waals surface area (Å²) in [5.74, 6) is 5.63. The molecule has 58 valence electrons. The highest BCUT2D eigenvalue weighted by Crippen LogP contribution is 2.39. The van der Waals surface area contributed by atoms with Crippen LogP contribution in [0.15, 0.2) is 5.18 Å². The first kappa shape index (κ1) is 7.63. The molecule has 0 aromatic heterocycles. The van der Waals surface area contributed by atoms with E-state index in [-0.39, 0.29) is 6.54 Å². The van der Waals surface area contributed by atoms with E-state index in [4.69, 9.17) is 10.7 Å². The molecule has 0 radical (unpaired) electrons. The Morgan fingerprint density at radius 1 is 1.80 bits per heavy atom. The molecule has 0 aromatic carbocycles.